The lowest BCUT2D eigenvalue weighted by molar-refractivity contribution is -0.385. The Kier molecular flexibility index (Phi) is 6.65. The van der Waals surface area contributed by atoms with E-state index in [4.69, 9.17) is 5.11 Å². The average molecular weight is 393 g/mol. The van der Waals surface area contributed by atoms with Gasteiger partial charge in [0.05, 0.1) is 8.49 Å². The first kappa shape index (κ1) is 16.6. The predicted molar refractivity (Wildman–Crippen MR) is 83.7 cm³/mol. The predicted octanol–water partition coefficient (Wildman–Crippen LogP) is 2.48. The maximum Gasteiger partial charge on any atom is 0.319 e. The molecule has 0 heterocycles. The highest BCUT2D eigenvalue weighted by atomic mass is 127. The lowest BCUT2D eigenvalue weighted by Gasteiger charge is -2.16. The zero-order chi connectivity index (χ0) is 15.1. The van der Waals surface area contributed by atoms with E-state index in [-0.39, 0.29) is 18.3 Å². The monoisotopic (exact) mass is 393 g/mol. The maximum absolute atomic E-state index is 11.7. The van der Waals surface area contributed by atoms with Gasteiger partial charge < -0.3 is 15.7 Å². The number of hydrogen-bond acceptors (Lipinski definition) is 4. The number of nitro benzene ring substituents is 1. The van der Waals surface area contributed by atoms with Gasteiger partial charge in [0, 0.05) is 24.4 Å². The van der Waals surface area contributed by atoms with Gasteiger partial charge in [-0.2, -0.15) is 0 Å². The molecule has 0 unspecified atom stereocenters. The Labute approximate surface area is 130 Å². The highest BCUT2D eigenvalue weighted by molar-refractivity contribution is 14.1. The van der Waals surface area contributed by atoms with Crippen LogP contribution in [0.2, 0.25) is 0 Å². The molecular weight excluding hydrogens is 377 g/mol. The minimum Gasteiger partial charge on any atom is -0.396 e. The van der Waals surface area contributed by atoms with Gasteiger partial charge in [0.15, 0.2) is 0 Å². The molecule has 110 valence electrons. The Bertz CT molecular complexity index is 496. The lowest BCUT2D eigenvalue weighted by atomic mass is 10.2. The number of nitrogens with zero attached hydrogens (tertiary/aromatic N) is 1. The van der Waals surface area contributed by atoms with E-state index in [0.717, 1.165) is 0 Å². The topological polar surface area (TPSA) is 104 Å². The highest BCUT2D eigenvalue weighted by Gasteiger charge is 2.14. The summed E-state index contributed by atoms with van der Waals surface area (Å²) < 4.78 is 0.452. The van der Waals surface area contributed by atoms with Gasteiger partial charge >= 0.3 is 6.03 Å². The summed E-state index contributed by atoms with van der Waals surface area (Å²) in [7, 11) is 0. The summed E-state index contributed by atoms with van der Waals surface area (Å²) >= 11 is 1.85. The van der Waals surface area contributed by atoms with Crippen molar-refractivity contribution in [3.8, 4) is 0 Å². The standard InChI is InChI=1S/C12H16IN3O4/c1-2-8(5-6-17)14-12(18)15-9-3-4-11(16(19)20)10(13)7-9/h3-4,7-8,17H,2,5-6H2,1H3,(H2,14,15,18)/t8-/m1/s1. The molecule has 0 aliphatic carbocycles. The summed E-state index contributed by atoms with van der Waals surface area (Å²) in [5.41, 5.74) is 0.486. The summed E-state index contributed by atoms with van der Waals surface area (Å²) in [5, 5.41) is 24.9. The van der Waals surface area contributed by atoms with Crippen LogP contribution in [0.4, 0.5) is 16.2 Å². The number of benzene rings is 1. The molecule has 1 aromatic carbocycles. The summed E-state index contributed by atoms with van der Waals surface area (Å²) in [6.45, 7) is 1.92. The summed E-state index contributed by atoms with van der Waals surface area (Å²) in [6.07, 6.45) is 1.20. The Morgan fingerprint density at radius 3 is 2.75 bits per heavy atom. The van der Waals surface area contributed by atoms with Crippen molar-refractivity contribution in [3.63, 3.8) is 0 Å². The molecule has 0 aromatic heterocycles. The zero-order valence-electron chi connectivity index (χ0n) is 10.9. The zero-order valence-corrected chi connectivity index (χ0v) is 13.1. The van der Waals surface area contributed by atoms with E-state index in [1.54, 1.807) is 0 Å². The molecule has 20 heavy (non-hydrogen) atoms. The van der Waals surface area contributed by atoms with Crippen LogP contribution in [0.5, 0.6) is 0 Å². The third-order valence-corrected chi connectivity index (χ3v) is 3.57. The Morgan fingerprint density at radius 2 is 2.25 bits per heavy atom. The minimum absolute atomic E-state index is 0.00303. The largest absolute Gasteiger partial charge is 0.396 e. The highest BCUT2D eigenvalue weighted by Crippen LogP contribution is 2.24. The number of amides is 2. The number of nitro groups is 1. The minimum atomic E-state index is -0.472. The number of carbonyl (C=O) groups excluding carboxylic acids is 1. The van der Waals surface area contributed by atoms with Gasteiger partial charge in [-0.25, -0.2) is 4.79 Å². The number of anilines is 1. The van der Waals surface area contributed by atoms with E-state index in [1.807, 2.05) is 29.5 Å². The lowest BCUT2D eigenvalue weighted by Crippen LogP contribution is -2.38. The molecule has 0 radical (unpaired) electrons. The third-order valence-electron chi connectivity index (χ3n) is 2.71. The van der Waals surface area contributed by atoms with E-state index in [2.05, 4.69) is 10.6 Å². The molecule has 2 amide bonds. The molecule has 1 rings (SSSR count). The smallest absolute Gasteiger partial charge is 0.319 e. The number of hydrogen-bond donors (Lipinski definition) is 3. The van der Waals surface area contributed by atoms with Crippen LogP contribution in [0.3, 0.4) is 0 Å². The van der Waals surface area contributed by atoms with Crippen molar-refractivity contribution in [3.05, 3.63) is 31.9 Å². The normalized spacial score (nSPS) is 11.8. The number of aliphatic hydroxyl groups excluding tert-OH is 1. The van der Waals surface area contributed by atoms with E-state index in [9.17, 15) is 14.9 Å². The van der Waals surface area contributed by atoms with Crippen molar-refractivity contribution in [1.82, 2.24) is 5.32 Å². The van der Waals surface area contributed by atoms with Crippen LogP contribution in [0.25, 0.3) is 0 Å². The van der Waals surface area contributed by atoms with Crippen LogP contribution in [-0.2, 0) is 0 Å². The molecule has 8 heteroatoms. The van der Waals surface area contributed by atoms with Gasteiger partial charge in [-0.3, -0.25) is 10.1 Å². The molecule has 7 nitrogen and oxygen atoms in total. The second-order valence-electron chi connectivity index (χ2n) is 4.14. The fourth-order valence-electron chi connectivity index (χ4n) is 1.62. The summed E-state index contributed by atoms with van der Waals surface area (Å²) in [5.74, 6) is 0. The number of halogens is 1. The molecule has 0 fully saturated rings. The van der Waals surface area contributed by atoms with Gasteiger partial charge in [0.2, 0.25) is 0 Å². The number of urea groups is 1. The summed E-state index contributed by atoms with van der Waals surface area (Å²) in [6, 6.07) is 3.87. The molecule has 1 atom stereocenters. The molecule has 0 aliphatic heterocycles. The van der Waals surface area contributed by atoms with Crippen molar-refractivity contribution in [2.45, 2.75) is 25.8 Å². The van der Waals surface area contributed by atoms with Crippen molar-refractivity contribution >= 4 is 40.0 Å². The van der Waals surface area contributed by atoms with Gasteiger partial charge in [0.25, 0.3) is 5.69 Å². The van der Waals surface area contributed by atoms with Crippen molar-refractivity contribution in [2.24, 2.45) is 0 Å². The van der Waals surface area contributed by atoms with Gasteiger partial charge in [0.1, 0.15) is 0 Å². The fraction of sp³-hybridized carbons (Fsp3) is 0.417. The fourth-order valence-corrected chi connectivity index (χ4v) is 2.33. The van der Waals surface area contributed by atoms with Crippen molar-refractivity contribution in [2.75, 3.05) is 11.9 Å². The van der Waals surface area contributed by atoms with Crippen LogP contribution in [0.15, 0.2) is 18.2 Å². The first-order chi connectivity index (χ1) is 9.47. The maximum atomic E-state index is 11.7. The molecule has 0 saturated heterocycles. The second kappa shape index (κ2) is 8.00. The van der Waals surface area contributed by atoms with Crippen LogP contribution in [0.1, 0.15) is 19.8 Å². The Morgan fingerprint density at radius 1 is 1.55 bits per heavy atom. The SMILES string of the molecule is CC[C@H](CCO)NC(=O)Nc1ccc([N+](=O)[O-])c(I)c1. The molecular formula is C12H16IN3O4. The quantitative estimate of drug-likeness (QED) is 0.392. The number of rotatable bonds is 6. The Hall–Kier alpha value is -1.42. The second-order valence-corrected chi connectivity index (χ2v) is 5.30. The van der Waals surface area contributed by atoms with Gasteiger partial charge in [-0.05, 0) is 47.6 Å². The van der Waals surface area contributed by atoms with Crippen molar-refractivity contribution < 1.29 is 14.8 Å². The van der Waals surface area contributed by atoms with E-state index in [1.165, 1.54) is 18.2 Å². The molecule has 1 aromatic rings. The average Bonchev–Trinajstić information content (AvgIpc) is 2.37. The Balaban J connectivity index is 2.66. The molecule has 0 saturated carbocycles. The number of carbonyl (C=O) groups is 1. The van der Waals surface area contributed by atoms with E-state index >= 15 is 0 Å². The van der Waals surface area contributed by atoms with Crippen LogP contribution in [0, 0.1) is 13.7 Å². The van der Waals surface area contributed by atoms with Crippen molar-refractivity contribution in [1.29, 1.82) is 0 Å². The van der Waals surface area contributed by atoms with E-state index in [0.29, 0.717) is 22.1 Å². The van der Waals surface area contributed by atoms with Gasteiger partial charge in [-0.15, -0.1) is 0 Å². The summed E-state index contributed by atoms with van der Waals surface area (Å²) in [4.78, 5) is 22.0. The van der Waals surface area contributed by atoms with Crippen LogP contribution in [-0.4, -0.2) is 28.7 Å². The molecule has 0 spiro atoms. The first-order valence-corrected chi connectivity index (χ1v) is 7.18. The number of aliphatic hydroxyl groups is 1. The number of nitrogens with one attached hydrogen (secondary N) is 2. The molecule has 0 aliphatic rings. The third kappa shape index (κ3) is 4.93. The van der Waals surface area contributed by atoms with Crippen LogP contribution >= 0.6 is 22.6 Å². The molecule has 0 bridgehead atoms. The van der Waals surface area contributed by atoms with Gasteiger partial charge in [-0.1, -0.05) is 6.92 Å². The molecule has 3 N–H and O–H groups in total. The van der Waals surface area contributed by atoms with Crippen LogP contribution < -0.4 is 10.6 Å². The first-order valence-electron chi connectivity index (χ1n) is 6.10. The van der Waals surface area contributed by atoms with E-state index < -0.39 is 11.0 Å².